The third kappa shape index (κ3) is 2.69. The first-order valence-corrected chi connectivity index (χ1v) is 9.46. The molecule has 1 aliphatic heterocycles. The van der Waals surface area contributed by atoms with Gasteiger partial charge in [0.1, 0.15) is 5.66 Å². The maximum Gasteiger partial charge on any atom is 0.228 e. The van der Waals surface area contributed by atoms with E-state index >= 15 is 0 Å². The van der Waals surface area contributed by atoms with Gasteiger partial charge in [0.15, 0.2) is 11.2 Å². The summed E-state index contributed by atoms with van der Waals surface area (Å²) in [6.07, 6.45) is 6.90. The molecule has 0 amide bonds. The van der Waals surface area contributed by atoms with E-state index in [1.807, 2.05) is 41.3 Å². The standard InChI is InChI=1S/C20H21N7O/c21-18-25-19(22)27(20(26-18)10-2-1-3-11-20)14-8-6-13(7-9-14)17-24-16-15(28-17)5-4-12-23-16/h4-9,12H,1-3,10-11H2,(H4,21,22,25,26). The molecular formula is C20H21N7O. The fourth-order valence-corrected chi connectivity index (χ4v) is 4.14. The maximum absolute atomic E-state index is 6.28. The topological polar surface area (TPSA) is 119 Å². The van der Waals surface area contributed by atoms with Crippen molar-refractivity contribution in [2.75, 3.05) is 4.90 Å². The summed E-state index contributed by atoms with van der Waals surface area (Å²) < 4.78 is 5.81. The molecule has 142 valence electrons. The Bertz CT molecular complexity index is 1040. The number of anilines is 1. The first-order chi connectivity index (χ1) is 13.6. The Morgan fingerprint density at radius 3 is 2.54 bits per heavy atom. The molecule has 1 aliphatic carbocycles. The zero-order valence-electron chi connectivity index (χ0n) is 15.4. The van der Waals surface area contributed by atoms with Crippen LogP contribution >= 0.6 is 0 Å². The van der Waals surface area contributed by atoms with Crippen LogP contribution in [0.5, 0.6) is 0 Å². The molecule has 1 spiro atoms. The van der Waals surface area contributed by atoms with Crippen LogP contribution < -0.4 is 16.4 Å². The smallest absolute Gasteiger partial charge is 0.228 e. The van der Waals surface area contributed by atoms with E-state index in [9.17, 15) is 0 Å². The second-order valence-electron chi connectivity index (χ2n) is 7.21. The molecular weight excluding hydrogens is 354 g/mol. The van der Waals surface area contributed by atoms with E-state index in [1.165, 1.54) is 6.42 Å². The molecule has 3 heterocycles. The van der Waals surface area contributed by atoms with E-state index in [0.29, 0.717) is 23.1 Å². The van der Waals surface area contributed by atoms with E-state index in [1.54, 1.807) is 6.20 Å². The normalized spacial score (nSPS) is 18.9. The van der Waals surface area contributed by atoms with Gasteiger partial charge in [-0.2, -0.15) is 9.98 Å². The Labute approximate surface area is 162 Å². The fourth-order valence-electron chi connectivity index (χ4n) is 4.14. The molecule has 5 rings (SSSR count). The van der Waals surface area contributed by atoms with Crippen LogP contribution in [-0.4, -0.2) is 27.5 Å². The molecule has 28 heavy (non-hydrogen) atoms. The first-order valence-electron chi connectivity index (χ1n) is 9.46. The van der Waals surface area contributed by atoms with Crippen molar-refractivity contribution in [3.8, 4) is 11.5 Å². The Morgan fingerprint density at radius 1 is 1.00 bits per heavy atom. The van der Waals surface area contributed by atoms with Gasteiger partial charge in [-0.25, -0.2) is 9.98 Å². The van der Waals surface area contributed by atoms with Crippen molar-refractivity contribution in [2.24, 2.45) is 21.5 Å². The largest absolute Gasteiger partial charge is 0.434 e. The highest BCUT2D eigenvalue weighted by Crippen LogP contribution is 2.39. The molecule has 1 aromatic carbocycles. The average Bonchev–Trinajstić information content (AvgIpc) is 3.13. The predicted octanol–water partition coefficient (Wildman–Crippen LogP) is 3.00. The minimum Gasteiger partial charge on any atom is -0.434 e. The van der Waals surface area contributed by atoms with Gasteiger partial charge in [-0.3, -0.25) is 4.90 Å². The molecule has 2 aliphatic rings. The number of nitrogens with zero attached hydrogens (tertiary/aromatic N) is 5. The molecule has 0 atom stereocenters. The van der Waals surface area contributed by atoms with Crippen molar-refractivity contribution in [3.63, 3.8) is 0 Å². The molecule has 1 fully saturated rings. The van der Waals surface area contributed by atoms with E-state index in [2.05, 4.69) is 15.0 Å². The number of fused-ring (bicyclic) bond motifs is 1. The second-order valence-corrected chi connectivity index (χ2v) is 7.21. The number of rotatable bonds is 2. The third-order valence-electron chi connectivity index (χ3n) is 5.39. The lowest BCUT2D eigenvalue weighted by molar-refractivity contribution is 0.305. The number of nitrogens with two attached hydrogens (primary N) is 2. The Balaban J connectivity index is 1.51. The number of hydrogen-bond acceptors (Lipinski definition) is 8. The van der Waals surface area contributed by atoms with Crippen molar-refractivity contribution < 1.29 is 4.42 Å². The van der Waals surface area contributed by atoms with Crippen LogP contribution in [0.1, 0.15) is 32.1 Å². The van der Waals surface area contributed by atoms with Crippen molar-refractivity contribution in [1.82, 2.24) is 9.97 Å². The number of benzene rings is 1. The molecule has 0 unspecified atom stereocenters. The fraction of sp³-hybridized carbons (Fsp3) is 0.300. The molecule has 3 aromatic rings. The van der Waals surface area contributed by atoms with Crippen molar-refractivity contribution in [2.45, 2.75) is 37.8 Å². The summed E-state index contributed by atoms with van der Waals surface area (Å²) >= 11 is 0. The summed E-state index contributed by atoms with van der Waals surface area (Å²) in [5.74, 6) is 1.18. The van der Waals surface area contributed by atoms with Crippen LogP contribution in [-0.2, 0) is 0 Å². The zero-order valence-corrected chi connectivity index (χ0v) is 15.4. The van der Waals surface area contributed by atoms with Gasteiger partial charge >= 0.3 is 0 Å². The highest BCUT2D eigenvalue weighted by atomic mass is 16.3. The van der Waals surface area contributed by atoms with E-state index in [-0.39, 0.29) is 5.96 Å². The number of aliphatic imine (C=N–C) groups is 2. The number of guanidine groups is 2. The molecule has 2 aromatic heterocycles. The van der Waals surface area contributed by atoms with Crippen molar-refractivity contribution >= 4 is 28.8 Å². The van der Waals surface area contributed by atoms with Crippen LogP contribution in [0, 0.1) is 0 Å². The molecule has 0 saturated heterocycles. The van der Waals surface area contributed by atoms with E-state index < -0.39 is 5.66 Å². The molecule has 4 N–H and O–H groups in total. The number of aromatic nitrogens is 2. The SMILES string of the molecule is NC1=NC2(CCCCC2)N(c2ccc(-c3nc4ncccc4o3)cc2)C(N)=N1. The summed E-state index contributed by atoms with van der Waals surface area (Å²) in [5, 5.41) is 0. The Morgan fingerprint density at radius 2 is 1.79 bits per heavy atom. The monoisotopic (exact) mass is 375 g/mol. The number of pyridine rings is 1. The summed E-state index contributed by atoms with van der Waals surface area (Å²) in [7, 11) is 0. The summed E-state index contributed by atoms with van der Waals surface area (Å²) in [5.41, 5.74) is 14.8. The molecule has 0 bridgehead atoms. The minimum atomic E-state index is -0.447. The maximum atomic E-state index is 6.28. The molecule has 1 saturated carbocycles. The van der Waals surface area contributed by atoms with Gasteiger partial charge in [0.25, 0.3) is 0 Å². The summed E-state index contributed by atoms with van der Waals surface area (Å²) in [4.78, 5) is 19.6. The lowest BCUT2D eigenvalue weighted by Crippen LogP contribution is -2.58. The number of oxazole rings is 1. The van der Waals surface area contributed by atoms with Crippen LogP contribution in [0.25, 0.3) is 22.7 Å². The van der Waals surface area contributed by atoms with Crippen LogP contribution in [0.3, 0.4) is 0 Å². The van der Waals surface area contributed by atoms with Gasteiger partial charge in [0.05, 0.1) is 0 Å². The Kier molecular flexibility index (Phi) is 3.78. The highest BCUT2D eigenvalue weighted by molar-refractivity contribution is 6.05. The third-order valence-corrected chi connectivity index (χ3v) is 5.39. The lowest BCUT2D eigenvalue weighted by Gasteiger charge is -2.45. The predicted molar refractivity (Wildman–Crippen MR) is 109 cm³/mol. The molecule has 0 radical (unpaired) electrons. The van der Waals surface area contributed by atoms with Crippen LogP contribution in [0.15, 0.2) is 57.0 Å². The van der Waals surface area contributed by atoms with Gasteiger partial charge in [-0.1, -0.05) is 6.42 Å². The van der Waals surface area contributed by atoms with Crippen LogP contribution in [0.4, 0.5) is 5.69 Å². The molecule has 8 heteroatoms. The molecule has 8 nitrogen and oxygen atoms in total. The second kappa shape index (κ2) is 6.33. The summed E-state index contributed by atoms with van der Waals surface area (Å²) in [6.45, 7) is 0. The van der Waals surface area contributed by atoms with Crippen molar-refractivity contribution in [3.05, 3.63) is 42.6 Å². The number of hydrogen-bond donors (Lipinski definition) is 2. The zero-order chi connectivity index (χ0) is 19.1. The quantitative estimate of drug-likeness (QED) is 0.711. The highest BCUT2D eigenvalue weighted by Gasteiger charge is 2.42. The van der Waals surface area contributed by atoms with Gasteiger partial charge in [0, 0.05) is 17.4 Å². The summed E-state index contributed by atoms with van der Waals surface area (Å²) in [6, 6.07) is 11.6. The Hall–Kier alpha value is -3.42. The van der Waals surface area contributed by atoms with Gasteiger partial charge < -0.3 is 15.9 Å². The van der Waals surface area contributed by atoms with Gasteiger partial charge in [-0.05, 0) is 62.1 Å². The average molecular weight is 375 g/mol. The van der Waals surface area contributed by atoms with Crippen molar-refractivity contribution in [1.29, 1.82) is 0 Å². The lowest BCUT2D eigenvalue weighted by atomic mass is 9.87. The van der Waals surface area contributed by atoms with Gasteiger partial charge in [-0.15, -0.1) is 0 Å². The minimum absolute atomic E-state index is 0.256. The van der Waals surface area contributed by atoms with E-state index in [0.717, 1.165) is 36.9 Å². The first kappa shape index (κ1) is 16.7. The van der Waals surface area contributed by atoms with Crippen LogP contribution in [0.2, 0.25) is 0 Å². The van der Waals surface area contributed by atoms with Gasteiger partial charge in [0.2, 0.25) is 17.8 Å². The van der Waals surface area contributed by atoms with E-state index in [4.69, 9.17) is 20.9 Å².